The minimum absolute atomic E-state index is 0.557. The molecule has 5 rings (SSSR count). The van der Waals surface area contributed by atoms with Gasteiger partial charge in [-0.15, -0.1) is 0 Å². The smallest absolute Gasteiger partial charge is 0.223 e. The molecule has 2 aromatic heterocycles. The molecule has 0 spiro atoms. The van der Waals surface area contributed by atoms with E-state index in [0.29, 0.717) is 18.1 Å². The average Bonchev–Trinajstić information content (AvgIpc) is 3.25. The van der Waals surface area contributed by atoms with Crippen LogP contribution in [0.1, 0.15) is 24.1 Å². The van der Waals surface area contributed by atoms with Crippen LogP contribution in [-0.2, 0) is 12.0 Å². The molecule has 0 bridgehead atoms. The van der Waals surface area contributed by atoms with Gasteiger partial charge in [0.25, 0.3) is 0 Å². The lowest BCUT2D eigenvalue weighted by Gasteiger charge is -2.24. The average molecular weight is 422 g/mol. The molecular weight excluding hydrogens is 398 g/mol. The zero-order valence-electron chi connectivity index (χ0n) is 18.0. The fourth-order valence-electron chi connectivity index (χ4n) is 3.79. The maximum absolute atomic E-state index is 6.66. The van der Waals surface area contributed by atoms with Gasteiger partial charge < -0.3 is 10.3 Å². The molecule has 0 aliphatic heterocycles. The number of benzene rings is 3. The van der Waals surface area contributed by atoms with E-state index in [1.54, 1.807) is 13.1 Å². The normalized spacial score (nSPS) is 13.2. The third-order valence-corrected chi connectivity index (χ3v) is 5.56. The molecule has 0 amide bonds. The van der Waals surface area contributed by atoms with Crippen molar-refractivity contribution in [2.24, 2.45) is 5.73 Å². The Balaban J connectivity index is 1.33. The van der Waals surface area contributed by atoms with Crippen molar-refractivity contribution >= 4 is 11.0 Å². The maximum atomic E-state index is 6.66. The second-order valence-electron chi connectivity index (χ2n) is 8.25. The summed E-state index contributed by atoms with van der Waals surface area (Å²) in [7, 11) is 0. The van der Waals surface area contributed by atoms with Crippen molar-refractivity contribution in [2.75, 3.05) is 0 Å². The zero-order valence-corrected chi connectivity index (χ0v) is 18.0. The van der Waals surface area contributed by atoms with Gasteiger partial charge in [-0.05, 0) is 42.2 Å². The first-order chi connectivity index (χ1) is 15.5. The van der Waals surface area contributed by atoms with Crippen LogP contribution in [-0.4, -0.2) is 20.1 Å². The summed E-state index contributed by atoms with van der Waals surface area (Å²) in [5.41, 5.74) is 12.9. The van der Waals surface area contributed by atoms with Crippen LogP contribution in [0.15, 0.2) is 83.5 Å². The van der Waals surface area contributed by atoms with Crippen molar-refractivity contribution in [3.8, 4) is 22.5 Å². The Morgan fingerprint density at radius 3 is 2.09 bits per heavy atom. The van der Waals surface area contributed by atoms with Crippen LogP contribution in [0.4, 0.5) is 0 Å². The molecule has 0 radical (unpaired) electrons. The van der Waals surface area contributed by atoms with Crippen LogP contribution < -0.4 is 5.73 Å². The van der Waals surface area contributed by atoms with E-state index in [1.165, 1.54) is 0 Å². The summed E-state index contributed by atoms with van der Waals surface area (Å²) < 4.78 is 5.06. The molecule has 1 atom stereocenters. The molecule has 2 N–H and O–H groups in total. The van der Waals surface area contributed by atoms with E-state index in [1.807, 2.05) is 43.3 Å². The minimum Gasteiger partial charge on any atom is -0.339 e. The number of hydrogen-bond donors (Lipinski definition) is 1. The van der Waals surface area contributed by atoms with Gasteiger partial charge in [-0.2, -0.15) is 4.98 Å². The molecule has 0 aliphatic rings. The highest BCUT2D eigenvalue weighted by Gasteiger charge is 2.24. The first-order valence-electron chi connectivity index (χ1n) is 10.5. The Hall–Kier alpha value is -3.90. The molecule has 1 unspecified atom stereocenters. The summed E-state index contributed by atoms with van der Waals surface area (Å²) in [5, 5.41) is 3.97. The monoisotopic (exact) mass is 421 g/mol. The predicted octanol–water partition coefficient (Wildman–Crippen LogP) is 5.07. The molecule has 6 heteroatoms. The summed E-state index contributed by atoms with van der Waals surface area (Å²) in [6, 6.07) is 24.4. The first kappa shape index (κ1) is 20.0. The number of nitrogens with two attached hydrogens (primary N) is 1. The van der Waals surface area contributed by atoms with Gasteiger partial charge in [-0.1, -0.05) is 65.8 Å². The van der Waals surface area contributed by atoms with Gasteiger partial charge in [0.1, 0.15) is 0 Å². The topological polar surface area (TPSA) is 90.7 Å². The molecule has 0 saturated carbocycles. The Bertz CT molecular complexity index is 1370. The van der Waals surface area contributed by atoms with E-state index in [-0.39, 0.29) is 0 Å². The Morgan fingerprint density at radius 2 is 1.44 bits per heavy atom. The van der Waals surface area contributed by atoms with E-state index in [0.717, 1.165) is 39.0 Å². The molecule has 0 saturated heterocycles. The number of fused-ring (bicyclic) bond motifs is 1. The van der Waals surface area contributed by atoms with Crippen LogP contribution in [0, 0.1) is 6.92 Å². The predicted molar refractivity (Wildman–Crippen MR) is 125 cm³/mol. The van der Waals surface area contributed by atoms with Gasteiger partial charge in [0, 0.05) is 12.5 Å². The quantitative estimate of drug-likeness (QED) is 0.426. The van der Waals surface area contributed by atoms with E-state index >= 15 is 0 Å². The fraction of sp³-hybridized carbons (Fsp3) is 0.154. The van der Waals surface area contributed by atoms with Gasteiger partial charge in [0.15, 0.2) is 0 Å². The summed E-state index contributed by atoms with van der Waals surface area (Å²) in [6.07, 6.45) is 2.44. The van der Waals surface area contributed by atoms with Crippen molar-refractivity contribution in [1.29, 1.82) is 0 Å². The van der Waals surface area contributed by atoms with Gasteiger partial charge in [-0.25, -0.2) is 4.98 Å². The lowest BCUT2D eigenvalue weighted by atomic mass is 9.90. The van der Waals surface area contributed by atoms with E-state index in [2.05, 4.69) is 51.5 Å². The van der Waals surface area contributed by atoms with Crippen molar-refractivity contribution in [3.05, 3.63) is 96.1 Å². The summed E-state index contributed by atoms with van der Waals surface area (Å²) in [4.78, 5) is 13.5. The second-order valence-corrected chi connectivity index (χ2v) is 8.25. The van der Waals surface area contributed by atoms with Crippen molar-refractivity contribution in [3.63, 3.8) is 0 Å². The molecule has 3 aromatic carbocycles. The molecule has 0 aliphatic carbocycles. The number of hydrogen-bond acceptors (Lipinski definition) is 6. The lowest BCUT2D eigenvalue weighted by molar-refractivity contribution is 0.394. The van der Waals surface area contributed by atoms with E-state index in [9.17, 15) is 0 Å². The number of nitrogens with zero attached hydrogens (tertiary/aromatic N) is 4. The van der Waals surface area contributed by atoms with Gasteiger partial charge in [0.05, 0.1) is 28.5 Å². The zero-order chi connectivity index (χ0) is 22.1. The highest BCUT2D eigenvalue weighted by Crippen LogP contribution is 2.26. The number of para-hydroxylation sites is 2. The van der Waals surface area contributed by atoms with E-state index in [4.69, 9.17) is 15.2 Å². The highest BCUT2D eigenvalue weighted by atomic mass is 16.5. The van der Waals surface area contributed by atoms with Gasteiger partial charge in [-0.3, -0.25) is 4.98 Å². The largest absolute Gasteiger partial charge is 0.339 e. The third-order valence-electron chi connectivity index (χ3n) is 5.56. The SMILES string of the molecule is Cc1nc(-c2ccc(-c3ccc(CC(C)(N)c4cnc5ccccc5n4)cc3)cc2)no1. The number of aromatic nitrogens is 4. The Kier molecular flexibility index (Phi) is 4.99. The lowest BCUT2D eigenvalue weighted by Crippen LogP contribution is -2.36. The maximum Gasteiger partial charge on any atom is 0.223 e. The van der Waals surface area contributed by atoms with Crippen LogP contribution in [0.2, 0.25) is 0 Å². The molecule has 2 heterocycles. The van der Waals surface area contributed by atoms with Gasteiger partial charge >= 0.3 is 0 Å². The molecule has 158 valence electrons. The second kappa shape index (κ2) is 7.98. The van der Waals surface area contributed by atoms with Crippen LogP contribution in [0.25, 0.3) is 33.5 Å². The summed E-state index contributed by atoms with van der Waals surface area (Å²) >= 11 is 0. The Morgan fingerprint density at radius 1 is 0.812 bits per heavy atom. The van der Waals surface area contributed by atoms with Crippen molar-refractivity contribution in [2.45, 2.75) is 25.8 Å². The fourth-order valence-corrected chi connectivity index (χ4v) is 3.79. The summed E-state index contributed by atoms with van der Waals surface area (Å²) in [5.74, 6) is 1.16. The molecule has 6 nitrogen and oxygen atoms in total. The molecule has 32 heavy (non-hydrogen) atoms. The van der Waals surface area contributed by atoms with E-state index < -0.39 is 5.54 Å². The highest BCUT2D eigenvalue weighted by molar-refractivity contribution is 5.73. The third kappa shape index (κ3) is 4.00. The van der Waals surface area contributed by atoms with Crippen molar-refractivity contribution in [1.82, 2.24) is 20.1 Å². The number of rotatable bonds is 5. The molecular formula is C26H23N5O. The van der Waals surface area contributed by atoms with Crippen LogP contribution in [0.5, 0.6) is 0 Å². The first-order valence-corrected chi connectivity index (χ1v) is 10.5. The molecule has 5 aromatic rings. The minimum atomic E-state index is -0.622. The Labute approximate surface area is 186 Å². The van der Waals surface area contributed by atoms with Crippen molar-refractivity contribution < 1.29 is 4.52 Å². The van der Waals surface area contributed by atoms with Gasteiger partial charge in [0.2, 0.25) is 11.7 Å². The van der Waals surface area contributed by atoms with Crippen LogP contribution in [0.3, 0.4) is 0 Å². The molecule has 0 fully saturated rings. The summed E-state index contributed by atoms with van der Waals surface area (Å²) in [6.45, 7) is 3.78. The number of aryl methyl sites for hydroxylation is 1. The van der Waals surface area contributed by atoms with Crippen LogP contribution >= 0.6 is 0 Å². The standard InChI is InChI=1S/C26H23N5O/c1-17-29-25(31-32-17)21-13-11-20(12-14-21)19-9-7-18(8-10-19)15-26(2,27)24-16-28-22-5-3-4-6-23(22)30-24/h3-14,16H,15,27H2,1-2H3.